The van der Waals surface area contributed by atoms with E-state index in [1.807, 2.05) is 19.1 Å². The number of amides is 1. The molecule has 0 spiro atoms. The van der Waals surface area contributed by atoms with Gasteiger partial charge in [-0.15, -0.1) is 0 Å². The van der Waals surface area contributed by atoms with Crippen LogP contribution in [-0.4, -0.2) is 11.8 Å². The molecule has 0 fully saturated rings. The molecule has 1 N–H and O–H groups in total. The highest BCUT2D eigenvalue weighted by Gasteiger charge is 2.10. The first kappa shape index (κ1) is 19.0. The highest BCUT2D eigenvalue weighted by atomic mass is 35.5. The Bertz CT molecular complexity index is 903. The zero-order valence-electron chi connectivity index (χ0n) is 14.4. The standard InChI is InChI=1S/C21H16Cl2N2O2/c1-14-2-12-19(13-3-14)24-21(26)27-25-20(15-4-8-17(22)9-5-15)16-6-10-18(23)11-7-16/h2-13H,1H3,(H,24,26). The summed E-state index contributed by atoms with van der Waals surface area (Å²) < 4.78 is 0. The maximum Gasteiger partial charge on any atom is 0.437 e. The molecule has 0 radical (unpaired) electrons. The molecule has 0 aliphatic heterocycles. The molecule has 0 saturated carbocycles. The number of carbonyl (C=O) groups is 1. The number of hydrogen-bond acceptors (Lipinski definition) is 3. The van der Waals surface area contributed by atoms with Gasteiger partial charge < -0.3 is 0 Å². The smallest absolute Gasteiger partial charge is 0.297 e. The third kappa shape index (κ3) is 5.33. The normalized spacial score (nSPS) is 10.2. The zero-order chi connectivity index (χ0) is 19.2. The summed E-state index contributed by atoms with van der Waals surface area (Å²) in [4.78, 5) is 17.2. The third-order valence-electron chi connectivity index (χ3n) is 3.75. The highest BCUT2D eigenvalue weighted by Crippen LogP contribution is 2.17. The lowest BCUT2D eigenvalue weighted by Gasteiger charge is -2.08. The fourth-order valence-electron chi connectivity index (χ4n) is 2.35. The van der Waals surface area contributed by atoms with E-state index in [-0.39, 0.29) is 0 Å². The fourth-order valence-corrected chi connectivity index (χ4v) is 2.60. The van der Waals surface area contributed by atoms with Crippen LogP contribution in [0.25, 0.3) is 0 Å². The van der Waals surface area contributed by atoms with E-state index >= 15 is 0 Å². The molecule has 0 atom stereocenters. The molecule has 0 aromatic heterocycles. The molecule has 1 amide bonds. The molecule has 0 aliphatic carbocycles. The second kappa shape index (κ2) is 8.71. The Kier molecular flexibility index (Phi) is 6.12. The maximum absolute atomic E-state index is 12.1. The van der Waals surface area contributed by atoms with E-state index in [9.17, 15) is 4.79 Å². The van der Waals surface area contributed by atoms with Crippen molar-refractivity contribution in [2.24, 2.45) is 5.16 Å². The van der Waals surface area contributed by atoms with Crippen LogP contribution in [0.5, 0.6) is 0 Å². The van der Waals surface area contributed by atoms with Gasteiger partial charge in [0.1, 0.15) is 5.71 Å². The van der Waals surface area contributed by atoms with Crippen molar-refractivity contribution in [3.63, 3.8) is 0 Å². The number of nitrogens with one attached hydrogen (secondary N) is 1. The summed E-state index contributed by atoms with van der Waals surface area (Å²) in [5.74, 6) is 0. The summed E-state index contributed by atoms with van der Waals surface area (Å²) in [7, 11) is 0. The quantitative estimate of drug-likeness (QED) is 0.318. The van der Waals surface area contributed by atoms with Gasteiger partial charge in [-0.25, -0.2) is 4.79 Å². The first-order valence-electron chi connectivity index (χ1n) is 8.16. The van der Waals surface area contributed by atoms with Gasteiger partial charge in [0.25, 0.3) is 0 Å². The lowest BCUT2D eigenvalue weighted by Crippen LogP contribution is -2.13. The second-order valence-corrected chi connectivity index (χ2v) is 6.70. The number of anilines is 1. The van der Waals surface area contributed by atoms with Crippen molar-refractivity contribution in [1.82, 2.24) is 0 Å². The van der Waals surface area contributed by atoms with Crippen LogP contribution in [-0.2, 0) is 4.84 Å². The van der Waals surface area contributed by atoms with Gasteiger partial charge in [-0.2, -0.15) is 0 Å². The van der Waals surface area contributed by atoms with Crippen LogP contribution >= 0.6 is 23.2 Å². The van der Waals surface area contributed by atoms with Crippen molar-refractivity contribution in [3.05, 3.63) is 99.5 Å². The Balaban J connectivity index is 1.83. The zero-order valence-corrected chi connectivity index (χ0v) is 16.0. The first-order valence-corrected chi connectivity index (χ1v) is 8.91. The van der Waals surface area contributed by atoms with Crippen molar-refractivity contribution in [2.75, 3.05) is 5.32 Å². The van der Waals surface area contributed by atoms with Gasteiger partial charge in [-0.3, -0.25) is 10.2 Å². The summed E-state index contributed by atoms with van der Waals surface area (Å²) in [6.45, 7) is 1.97. The van der Waals surface area contributed by atoms with E-state index in [1.54, 1.807) is 60.7 Å². The maximum atomic E-state index is 12.1. The van der Waals surface area contributed by atoms with E-state index in [4.69, 9.17) is 28.0 Å². The van der Waals surface area contributed by atoms with Crippen molar-refractivity contribution in [2.45, 2.75) is 6.92 Å². The molecule has 136 valence electrons. The number of carbonyl (C=O) groups excluding carboxylic acids is 1. The lowest BCUT2D eigenvalue weighted by molar-refractivity contribution is 0.166. The minimum atomic E-state index is -0.681. The molecule has 0 bridgehead atoms. The van der Waals surface area contributed by atoms with E-state index in [0.29, 0.717) is 21.4 Å². The van der Waals surface area contributed by atoms with Crippen LogP contribution in [0.4, 0.5) is 10.5 Å². The topological polar surface area (TPSA) is 50.7 Å². The van der Waals surface area contributed by atoms with Crippen molar-refractivity contribution in [3.8, 4) is 0 Å². The Morgan fingerprint density at radius 2 is 1.30 bits per heavy atom. The van der Waals surface area contributed by atoms with Crippen LogP contribution in [0.15, 0.2) is 78.0 Å². The molecule has 3 rings (SSSR count). The van der Waals surface area contributed by atoms with Crippen molar-refractivity contribution in [1.29, 1.82) is 0 Å². The molecule has 0 aliphatic rings. The molecule has 4 nitrogen and oxygen atoms in total. The monoisotopic (exact) mass is 398 g/mol. The Labute approximate surface area is 167 Å². The SMILES string of the molecule is Cc1ccc(NC(=O)ON=C(c2ccc(Cl)cc2)c2ccc(Cl)cc2)cc1. The highest BCUT2D eigenvalue weighted by molar-refractivity contribution is 6.31. The van der Waals surface area contributed by atoms with E-state index in [1.165, 1.54) is 0 Å². The summed E-state index contributed by atoms with van der Waals surface area (Å²) in [5, 5.41) is 7.90. The molecule has 0 heterocycles. The molecular weight excluding hydrogens is 383 g/mol. The number of halogens is 2. The Morgan fingerprint density at radius 3 is 1.78 bits per heavy atom. The summed E-state index contributed by atoms with van der Waals surface area (Å²) in [6, 6.07) is 21.6. The van der Waals surface area contributed by atoms with Crippen LogP contribution in [0.3, 0.4) is 0 Å². The summed E-state index contributed by atoms with van der Waals surface area (Å²) in [6.07, 6.45) is -0.681. The first-order chi connectivity index (χ1) is 13.0. The Morgan fingerprint density at radius 1 is 0.815 bits per heavy atom. The van der Waals surface area contributed by atoms with Gasteiger partial charge in [0.05, 0.1) is 0 Å². The molecular formula is C21H16Cl2N2O2. The largest absolute Gasteiger partial charge is 0.437 e. The molecule has 0 saturated heterocycles. The van der Waals surface area contributed by atoms with Crippen LogP contribution < -0.4 is 5.32 Å². The average Bonchev–Trinajstić information content (AvgIpc) is 2.66. The number of benzene rings is 3. The van der Waals surface area contributed by atoms with E-state index < -0.39 is 6.09 Å². The number of oxime groups is 1. The Hall–Kier alpha value is -2.82. The average molecular weight is 399 g/mol. The lowest BCUT2D eigenvalue weighted by atomic mass is 10.0. The number of nitrogens with zero attached hydrogens (tertiary/aromatic N) is 1. The third-order valence-corrected chi connectivity index (χ3v) is 4.26. The fraction of sp³-hybridized carbons (Fsp3) is 0.0476. The van der Waals surface area contributed by atoms with Crippen LogP contribution in [0.1, 0.15) is 16.7 Å². The molecule has 3 aromatic carbocycles. The predicted octanol–water partition coefficient (Wildman–Crippen LogP) is 6.30. The van der Waals surface area contributed by atoms with Gasteiger partial charge in [-0.1, -0.05) is 70.3 Å². The van der Waals surface area contributed by atoms with Gasteiger partial charge in [0.2, 0.25) is 0 Å². The molecule has 3 aromatic rings. The molecule has 27 heavy (non-hydrogen) atoms. The van der Waals surface area contributed by atoms with Crippen molar-refractivity contribution < 1.29 is 9.63 Å². The van der Waals surface area contributed by atoms with Gasteiger partial charge >= 0.3 is 6.09 Å². The van der Waals surface area contributed by atoms with E-state index in [0.717, 1.165) is 16.7 Å². The molecule has 0 unspecified atom stereocenters. The van der Waals surface area contributed by atoms with Crippen LogP contribution in [0.2, 0.25) is 10.0 Å². The minimum absolute atomic E-state index is 0.488. The number of rotatable bonds is 4. The van der Waals surface area contributed by atoms with Gasteiger partial charge in [0, 0.05) is 26.9 Å². The molecule has 6 heteroatoms. The number of hydrogen-bond donors (Lipinski definition) is 1. The van der Waals surface area contributed by atoms with Gasteiger partial charge in [0.15, 0.2) is 0 Å². The minimum Gasteiger partial charge on any atom is -0.297 e. The van der Waals surface area contributed by atoms with Crippen molar-refractivity contribution >= 4 is 40.7 Å². The summed E-state index contributed by atoms with van der Waals surface area (Å²) in [5.41, 5.74) is 3.72. The van der Waals surface area contributed by atoms with Gasteiger partial charge in [-0.05, 0) is 43.3 Å². The predicted molar refractivity (Wildman–Crippen MR) is 110 cm³/mol. The second-order valence-electron chi connectivity index (χ2n) is 5.82. The van der Waals surface area contributed by atoms with E-state index in [2.05, 4.69) is 10.5 Å². The summed E-state index contributed by atoms with van der Waals surface area (Å²) >= 11 is 11.9. The number of aryl methyl sites for hydroxylation is 1. The van der Waals surface area contributed by atoms with Crippen LogP contribution in [0, 0.1) is 6.92 Å².